The van der Waals surface area contributed by atoms with Crippen molar-refractivity contribution in [2.75, 3.05) is 4.90 Å². The van der Waals surface area contributed by atoms with Crippen molar-refractivity contribution in [3.8, 4) is 0 Å². The third-order valence-corrected chi connectivity index (χ3v) is 7.13. The Morgan fingerprint density at radius 1 is 0.786 bits per heavy atom. The fraction of sp³-hybridized carbons (Fsp3) is 0.194. The molecule has 0 saturated carbocycles. The van der Waals surface area contributed by atoms with Gasteiger partial charge in [0.05, 0.1) is 5.69 Å². The van der Waals surface area contributed by atoms with E-state index in [0.29, 0.717) is 16.8 Å². The van der Waals surface area contributed by atoms with Crippen LogP contribution in [-0.4, -0.2) is 23.6 Å². The van der Waals surface area contributed by atoms with Crippen LogP contribution >= 0.6 is 0 Å². The summed E-state index contributed by atoms with van der Waals surface area (Å²) in [4.78, 5) is 41.9. The van der Waals surface area contributed by atoms with Crippen molar-refractivity contribution in [3.63, 3.8) is 0 Å². The Balaban J connectivity index is 1.48. The molecule has 0 aliphatic carbocycles. The largest absolute Gasteiger partial charge is 0.449 e. The van der Waals surface area contributed by atoms with E-state index in [0.717, 1.165) is 16.0 Å². The summed E-state index contributed by atoms with van der Waals surface area (Å²) < 4.78 is 11.6. The number of benzene rings is 4. The van der Waals surface area contributed by atoms with Gasteiger partial charge in [-0.2, -0.15) is 0 Å². The summed E-state index contributed by atoms with van der Waals surface area (Å²) in [6.07, 6.45) is 1.80. The number of carbonyl (C=O) groups excluding carboxylic acids is 3. The van der Waals surface area contributed by atoms with Crippen LogP contribution in [0.3, 0.4) is 0 Å². The van der Waals surface area contributed by atoms with Gasteiger partial charge in [-0.15, -0.1) is 0 Å². The molecule has 0 unspecified atom stereocenters. The van der Waals surface area contributed by atoms with Gasteiger partial charge in [0.2, 0.25) is 0 Å². The van der Waals surface area contributed by atoms with E-state index in [4.69, 9.17) is 9.47 Å². The minimum absolute atomic E-state index is 0.128. The molecule has 0 aromatic heterocycles. The SMILES string of the molecule is CC(C)(C)OC(=O)N1C(=O)[C@@](C/C=C/C(=O)OC(c2ccccc2)c2ccccc2)(c2ccccc2)c2ccccc21. The number of imide groups is 1. The number of amides is 2. The molecule has 6 nitrogen and oxygen atoms in total. The molecular formula is C36H33NO5. The standard InChI is InChI=1S/C36H33NO5/c1-35(2,3)42-34(40)37-30-23-14-13-22-29(30)36(33(37)39,28-20-11-6-12-21-28)25-15-24-31(38)41-32(26-16-7-4-8-17-26)27-18-9-5-10-19-27/h4-24,32H,25H2,1-3H3/b24-15+/t36-/m0/s1. The zero-order chi connectivity index (χ0) is 29.7. The first kappa shape index (κ1) is 28.6. The molecule has 4 aromatic carbocycles. The van der Waals surface area contributed by atoms with Crippen LogP contribution in [0.5, 0.6) is 0 Å². The second kappa shape index (κ2) is 11.9. The molecule has 2 amide bonds. The maximum absolute atomic E-state index is 14.3. The summed E-state index contributed by atoms with van der Waals surface area (Å²) in [6.45, 7) is 5.27. The van der Waals surface area contributed by atoms with E-state index in [-0.39, 0.29) is 6.42 Å². The summed E-state index contributed by atoms with van der Waals surface area (Å²) in [6, 6.07) is 35.6. The Kier molecular flexibility index (Phi) is 8.07. The van der Waals surface area contributed by atoms with Gasteiger partial charge in [0, 0.05) is 6.08 Å². The van der Waals surface area contributed by atoms with E-state index in [1.54, 1.807) is 39.0 Å². The van der Waals surface area contributed by atoms with Gasteiger partial charge in [0.1, 0.15) is 11.0 Å². The van der Waals surface area contributed by atoms with Gasteiger partial charge in [-0.1, -0.05) is 115 Å². The second-order valence-electron chi connectivity index (χ2n) is 11.2. The molecule has 42 heavy (non-hydrogen) atoms. The summed E-state index contributed by atoms with van der Waals surface area (Å²) in [5.74, 6) is -0.979. The monoisotopic (exact) mass is 559 g/mol. The molecule has 0 N–H and O–H groups in total. The van der Waals surface area contributed by atoms with Crippen LogP contribution in [0.4, 0.5) is 10.5 Å². The van der Waals surface area contributed by atoms with Crippen molar-refractivity contribution in [1.29, 1.82) is 0 Å². The number of para-hydroxylation sites is 1. The Labute approximate surface area is 246 Å². The van der Waals surface area contributed by atoms with Crippen LogP contribution in [0.15, 0.2) is 127 Å². The van der Waals surface area contributed by atoms with Crippen LogP contribution in [0, 0.1) is 0 Å². The third-order valence-electron chi connectivity index (χ3n) is 7.13. The molecule has 0 fully saturated rings. The van der Waals surface area contributed by atoms with E-state index in [9.17, 15) is 14.4 Å². The van der Waals surface area contributed by atoms with Gasteiger partial charge in [-0.3, -0.25) is 4.79 Å². The molecule has 1 atom stereocenters. The first-order valence-electron chi connectivity index (χ1n) is 13.9. The number of rotatable bonds is 7. The van der Waals surface area contributed by atoms with Gasteiger partial charge >= 0.3 is 12.1 Å². The van der Waals surface area contributed by atoms with Crippen LogP contribution in [0.1, 0.15) is 55.5 Å². The topological polar surface area (TPSA) is 72.9 Å². The first-order chi connectivity index (χ1) is 20.2. The van der Waals surface area contributed by atoms with Gasteiger partial charge < -0.3 is 9.47 Å². The van der Waals surface area contributed by atoms with Crippen molar-refractivity contribution in [1.82, 2.24) is 0 Å². The minimum Gasteiger partial charge on any atom is -0.449 e. The molecule has 4 aromatic rings. The van der Waals surface area contributed by atoms with Gasteiger partial charge in [-0.25, -0.2) is 14.5 Å². The highest BCUT2D eigenvalue weighted by Gasteiger charge is 2.54. The van der Waals surface area contributed by atoms with Crippen molar-refractivity contribution < 1.29 is 23.9 Å². The van der Waals surface area contributed by atoms with E-state index in [1.165, 1.54) is 6.08 Å². The molecule has 212 valence electrons. The lowest BCUT2D eigenvalue weighted by atomic mass is 9.73. The molecule has 6 heteroatoms. The highest BCUT2D eigenvalue weighted by molar-refractivity contribution is 6.22. The fourth-order valence-corrected chi connectivity index (χ4v) is 5.32. The van der Waals surface area contributed by atoms with Crippen LogP contribution < -0.4 is 4.90 Å². The summed E-state index contributed by atoms with van der Waals surface area (Å²) in [5.41, 5.74) is 1.49. The van der Waals surface area contributed by atoms with E-state index < -0.39 is 35.1 Å². The summed E-state index contributed by atoms with van der Waals surface area (Å²) >= 11 is 0. The van der Waals surface area contributed by atoms with Crippen molar-refractivity contribution in [3.05, 3.63) is 150 Å². The molecule has 1 aliphatic heterocycles. The van der Waals surface area contributed by atoms with Crippen molar-refractivity contribution in [2.45, 2.75) is 44.3 Å². The van der Waals surface area contributed by atoms with E-state index in [2.05, 4.69) is 0 Å². The van der Waals surface area contributed by atoms with Gasteiger partial charge in [0.15, 0.2) is 6.10 Å². The second-order valence-corrected chi connectivity index (χ2v) is 11.2. The number of hydrogen-bond donors (Lipinski definition) is 0. The Morgan fingerprint density at radius 2 is 1.31 bits per heavy atom. The van der Waals surface area contributed by atoms with E-state index in [1.807, 2.05) is 103 Å². The number of carbonyl (C=O) groups is 3. The van der Waals surface area contributed by atoms with Crippen LogP contribution in [0.25, 0.3) is 0 Å². The normalized spacial score (nSPS) is 16.5. The minimum atomic E-state index is -1.25. The number of nitrogens with zero attached hydrogens (tertiary/aromatic N) is 1. The first-order valence-corrected chi connectivity index (χ1v) is 13.9. The highest BCUT2D eigenvalue weighted by atomic mass is 16.6. The average Bonchev–Trinajstić information content (AvgIpc) is 3.24. The summed E-state index contributed by atoms with van der Waals surface area (Å²) in [5, 5.41) is 0. The van der Waals surface area contributed by atoms with Crippen molar-refractivity contribution in [2.24, 2.45) is 0 Å². The average molecular weight is 560 g/mol. The maximum atomic E-state index is 14.3. The number of allylic oxidation sites excluding steroid dienone is 1. The van der Waals surface area contributed by atoms with Crippen LogP contribution in [0.2, 0.25) is 0 Å². The number of ether oxygens (including phenoxy) is 2. The summed E-state index contributed by atoms with van der Waals surface area (Å²) in [7, 11) is 0. The molecular weight excluding hydrogens is 526 g/mol. The zero-order valence-corrected chi connectivity index (χ0v) is 23.9. The van der Waals surface area contributed by atoms with Crippen LogP contribution in [-0.2, 0) is 24.5 Å². The Morgan fingerprint density at radius 3 is 1.88 bits per heavy atom. The number of anilines is 1. The lowest BCUT2D eigenvalue weighted by Gasteiger charge is -2.29. The number of esters is 1. The molecule has 0 bridgehead atoms. The molecule has 0 radical (unpaired) electrons. The van der Waals surface area contributed by atoms with Crippen molar-refractivity contribution >= 4 is 23.7 Å². The predicted octanol–water partition coefficient (Wildman–Crippen LogP) is 7.53. The van der Waals surface area contributed by atoms with E-state index >= 15 is 0 Å². The molecule has 0 spiro atoms. The lowest BCUT2D eigenvalue weighted by Crippen LogP contribution is -2.45. The molecule has 0 saturated heterocycles. The molecule has 5 rings (SSSR count). The lowest BCUT2D eigenvalue weighted by molar-refractivity contribution is -0.141. The highest BCUT2D eigenvalue weighted by Crippen LogP contribution is 2.49. The molecule has 1 aliphatic rings. The number of fused-ring (bicyclic) bond motifs is 1. The fourth-order valence-electron chi connectivity index (χ4n) is 5.32. The van der Waals surface area contributed by atoms with Gasteiger partial charge in [0.25, 0.3) is 5.91 Å². The number of hydrogen-bond acceptors (Lipinski definition) is 5. The smallest absolute Gasteiger partial charge is 0.421 e. The maximum Gasteiger partial charge on any atom is 0.421 e. The third kappa shape index (κ3) is 5.75. The Hall–Kier alpha value is -4.97. The molecule has 1 heterocycles. The zero-order valence-electron chi connectivity index (χ0n) is 23.9. The predicted molar refractivity (Wildman–Crippen MR) is 162 cm³/mol. The quantitative estimate of drug-likeness (QED) is 0.173. The van der Waals surface area contributed by atoms with Gasteiger partial charge in [-0.05, 0) is 55.5 Å². The Bertz CT molecular complexity index is 1550.